The molecule has 0 radical (unpaired) electrons. The van der Waals surface area contributed by atoms with Gasteiger partial charge in [0.25, 0.3) is 0 Å². The average Bonchev–Trinajstić information content (AvgIpc) is 2.95. The van der Waals surface area contributed by atoms with Crippen LogP contribution in [0.25, 0.3) is 6.08 Å². The van der Waals surface area contributed by atoms with Crippen LogP contribution < -0.4 is 5.32 Å². The third kappa shape index (κ3) is 6.53. The number of carbonyl (C=O) groups excluding carboxylic acids is 2. The molecule has 1 aliphatic heterocycles. The van der Waals surface area contributed by atoms with Crippen LogP contribution in [-0.2, 0) is 9.53 Å². The number of nitrogens with zero attached hydrogens (tertiary/aromatic N) is 1. The minimum absolute atomic E-state index is 0.00161. The smallest absolute Gasteiger partial charge is 0.407 e. The fourth-order valence-electron chi connectivity index (χ4n) is 2.81. The quantitative estimate of drug-likeness (QED) is 0.822. The second kappa shape index (κ2) is 8.52. The number of thiophene rings is 1. The van der Waals surface area contributed by atoms with Gasteiger partial charge in [0, 0.05) is 35.0 Å². The number of rotatable bonds is 4. The lowest BCUT2D eigenvalue weighted by Gasteiger charge is -2.35. The van der Waals surface area contributed by atoms with E-state index in [9.17, 15) is 9.59 Å². The molecule has 1 N–H and O–H groups in total. The molecule has 2 rings (SSSR count). The number of carbonyl (C=O) groups is 2. The summed E-state index contributed by atoms with van der Waals surface area (Å²) >= 11 is 1.67. The third-order valence-corrected chi connectivity index (χ3v) is 4.91. The number of hydrogen-bond acceptors (Lipinski definition) is 4. The van der Waals surface area contributed by atoms with Crippen molar-refractivity contribution in [2.45, 2.75) is 58.6 Å². The topological polar surface area (TPSA) is 58.6 Å². The van der Waals surface area contributed by atoms with E-state index in [-0.39, 0.29) is 11.9 Å². The van der Waals surface area contributed by atoms with Gasteiger partial charge in [0.15, 0.2) is 0 Å². The van der Waals surface area contributed by atoms with Crippen molar-refractivity contribution in [3.05, 3.63) is 28.0 Å². The van der Waals surface area contributed by atoms with Crippen molar-refractivity contribution >= 4 is 29.4 Å². The first-order chi connectivity index (χ1) is 11.7. The van der Waals surface area contributed by atoms with Gasteiger partial charge >= 0.3 is 6.09 Å². The molecule has 0 saturated carbocycles. The highest BCUT2D eigenvalue weighted by Crippen LogP contribution is 2.19. The number of hydrogen-bond donors (Lipinski definition) is 1. The molecule has 0 aromatic carbocycles. The van der Waals surface area contributed by atoms with Crippen LogP contribution in [0.3, 0.4) is 0 Å². The van der Waals surface area contributed by atoms with Gasteiger partial charge in [0.05, 0.1) is 0 Å². The van der Waals surface area contributed by atoms with E-state index < -0.39 is 11.7 Å². The van der Waals surface area contributed by atoms with E-state index in [0.717, 1.165) is 30.7 Å². The first-order valence-corrected chi connectivity index (χ1v) is 9.58. The van der Waals surface area contributed by atoms with Gasteiger partial charge in [0.2, 0.25) is 5.91 Å². The Balaban J connectivity index is 1.91. The highest BCUT2D eigenvalue weighted by Gasteiger charge is 2.26. The number of piperidine rings is 1. The van der Waals surface area contributed by atoms with Crippen LogP contribution in [0, 0.1) is 6.92 Å². The number of amides is 2. The van der Waals surface area contributed by atoms with Gasteiger partial charge in [-0.3, -0.25) is 4.79 Å². The van der Waals surface area contributed by atoms with Crippen molar-refractivity contribution in [2.24, 2.45) is 0 Å². The standard InChI is InChI=1S/C19H28N2O3S/c1-14-8-9-16(25-14)10-11-17(22)21-12-6-5-7-15(21)13-20-18(23)24-19(2,3)4/h8-11,15H,5-7,12-13H2,1-4H3,(H,20,23)/b11-10+. The Morgan fingerprint density at radius 1 is 1.36 bits per heavy atom. The Labute approximate surface area is 154 Å². The molecule has 1 unspecified atom stereocenters. The minimum Gasteiger partial charge on any atom is -0.444 e. The Hall–Kier alpha value is -1.82. The summed E-state index contributed by atoms with van der Waals surface area (Å²) in [5.41, 5.74) is -0.520. The maximum Gasteiger partial charge on any atom is 0.407 e. The molecule has 0 bridgehead atoms. The zero-order chi connectivity index (χ0) is 18.4. The van der Waals surface area contributed by atoms with E-state index in [0.29, 0.717) is 6.54 Å². The molecule has 1 aromatic rings. The van der Waals surface area contributed by atoms with E-state index in [1.165, 1.54) is 4.88 Å². The molecule has 2 amide bonds. The largest absolute Gasteiger partial charge is 0.444 e. The highest BCUT2D eigenvalue weighted by atomic mass is 32.1. The summed E-state index contributed by atoms with van der Waals surface area (Å²) < 4.78 is 5.27. The lowest BCUT2D eigenvalue weighted by molar-refractivity contribution is -0.129. The summed E-state index contributed by atoms with van der Waals surface area (Å²) in [6, 6.07) is 4.08. The van der Waals surface area contributed by atoms with Crippen LogP contribution >= 0.6 is 11.3 Å². The fraction of sp³-hybridized carbons (Fsp3) is 0.579. The molecule has 5 nitrogen and oxygen atoms in total. The normalized spacial score (nSPS) is 18.4. The summed E-state index contributed by atoms with van der Waals surface area (Å²) in [5, 5.41) is 2.79. The zero-order valence-electron chi connectivity index (χ0n) is 15.5. The first-order valence-electron chi connectivity index (χ1n) is 8.76. The Kier molecular flexibility index (Phi) is 6.64. The molecule has 1 fully saturated rings. The van der Waals surface area contributed by atoms with Gasteiger partial charge in [0.1, 0.15) is 5.60 Å². The minimum atomic E-state index is -0.520. The number of nitrogens with one attached hydrogen (secondary N) is 1. The van der Waals surface area contributed by atoms with Crippen molar-refractivity contribution < 1.29 is 14.3 Å². The van der Waals surface area contributed by atoms with Gasteiger partial charge in [-0.15, -0.1) is 11.3 Å². The second-order valence-electron chi connectivity index (χ2n) is 7.35. The SMILES string of the molecule is Cc1ccc(/C=C/C(=O)N2CCCCC2CNC(=O)OC(C)(C)C)s1. The molecular formula is C19H28N2O3S. The number of ether oxygens (including phenoxy) is 1. The van der Waals surface area contributed by atoms with Gasteiger partial charge in [-0.2, -0.15) is 0 Å². The molecule has 1 saturated heterocycles. The molecule has 6 heteroatoms. The van der Waals surface area contributed by atoms with Crippen LogP contribution in [0.5, 0.6) is 0 Å². The van der Waals surface area contributed by atoms with Crippen molar-refractivity contribution in [3.63, 3.8) is 0 Å². The van der Waals surface area contributed by atoms with E-state index in [1.54, 1.807) is 17.4 Å². The maximum absolute atomic E-state index is 12.6. The summed E-state index contributed by atoms with van der Waals surface area (Å²) in [7, 11) is 0. The summed E-state index contributed by atoms with van der Waals surface area (Å²) in [6.45, 7) is 8.70. The molecular weight excluding hydrogens is 336 g/mol. The lowest BCUT2D eigenvalue weighted by Crippen LogP contribution is -2.49. The van der Waals surface area contributed by atoms with E-state index in [2.05, 4.69) is 5.32 Å². The lowest BCUT2D eigenvalue weighted by atomic mass is 10.0. The molecule has 2 heterocycles. The molecule has 0 aliphatic carbocycles. The van der Waals surface area contributed by atoms with Crippen LogP contribution in [-0.4, -0.2) is 41.6 Å². The molecule has 0 spiro atoms. The molecule has 25 heavy (non-hydrogen) atoms. The van der Waals surface area contributed by atoms with Crippen molar-refractivity contribution in [1.29, 1.82) is 0 Å². The summed E-state index contributed by atoms with van der Waals surface area (Å²) in [4.78, 5) is 28.6. The van der Waals surface area contributed by atoms with E-state index >= 15 is 0 Å². The average molecular weight is 365 g/mol. The molecule has 1 aliphatic rings. The third-order valence-electron chi connectivity index (χ3n) is 3.94. The second-order valence-corrected chi connectivity index (χ2v) is 8.67. The number of likely N-dealkylation sites (tertiary alicyclic amines) is 1. The van der Waals surface area contributed by atoms with Gasteiger partial charge in [-0.05, 0) is 65.2 Å². The van der Waals surface area contributed by atoms with Crippen molar-refractivity contribution in [1.82, 2.24) is 10.2 Å². The van der Waals surface area contributed by atoms with Gasteiger partial charge < -0.3 is 15.0 Å². The Morgan fingerprint density at radius 2 is 2.12 bits per heavy atom. The molecule has 138 valence electrons. The van der Waals surface area contributed by atoms with E-state index in [1.807, 2.05) is 50.8 Å². The monoisotopic (exact) mass is 364 g/mol. The Bertz CT molecular complexity index is 631. The number of aryl methyl sites for hydroxylation is 1. The Morgan fingerprint density at radius 3 is 2.76 bits per heavy atom. The summed E-state index contributed by atoms with van der Waals surface area (Å²) in [5.74, 6) is 0.00161. The fourth-order valence-corrected chi connectivity index (χ4v) is 3.59. The summed E-state index contributed by atoms with van der Waals surface area (Å²) in [6.07, 6.45) is 6.03. The predicted molar refractivity (Wildman–Crippen MR) is 102 cm³/mol. The van der Waals surface area contributed by atoms with Crippen molar-refractivity contribution in [3.8, 4) is 0 Å². The van der Waals surface area contributed by atoms with Crippen LogP contribution in [0.15, 0.2) is 18.2 Å². The van der Waals surface area contributed by atoms with Gasteiger partial charge in [-0.1, -0.05) is 0 Å². The van der Waals surface area contributed by atoms with Crippen LogP contribution in [0.1, 0.15) is 49.8 Å². The zero-order valence-corrected chi connectivity index (χ0v) is 16.3. The van der Waals surface area contributed by atoms with Crippen LogP contribution in [0.2, 0.25) is 0 Å². The predicted octanol–water partition coefficient (Wildman–Crippen LogP) is 3.98. The number of alkyl carbamates (subject to hydrolysis) is 1. The highest BCUT2D eigenvalue weighted by molar-refractivity contribution is 7.12. The first kappa shape index (κ1) is 19.5. The molecule has 1 aromatic heterocycles. The van der Waals surface area contributed by atoms with Crippen molar-refractivity contribution in [2.75, 3.05) is 13.1 Å². The van der Waals surface area contributed by atoms with E-state index in [4.69, 9.17) is 4.74 Å². The van der Waals surface area contributed by atoms with Gasteiger partial charge in [-0.25, -0.2) is 4.79 Å². The maximum atomic E-state index is 12.6. The van der Waals surface area contributed by atoms with Crippen LogP contribution in [0.4, 0.5) is 4.79 Å². The molecule has 1 atom stereocenters.